The lowest BCUT2D eigenvalue weighted by molar-refractivity contribution is -0.131. The van der Waals surface area contributed by atoms with Crippen LogP contribution < -0.4 is 10.6 Å². The molecule has 0 fully saturated rings. The zero-order valence-corrected chi connectivity index (χ0v) is 12.8. The standard InChI is InChI=1S/2C6H11N.C3H4O2.ClH/c2*1-3-5-7-6-4-2;1-2-3(4)5;/h2*3-4,7H,1-2,5-6H2;2H,1H2,(H,4,5);1H. The van der Waals surface area contributed by atoms with Crippen molar-refractivity contribution in [2.75, 3.05) is 26.2 Å². The van der Waals surface area contributed by atoms with Crippen LogP contribution in [0.4, 0.5) is 0 Å². The smallest absolute Gasteiger partial charge is 0.327 e. The summed E-state index contributed by atoms with van der Waals surface area (Å²) >= 11 is 0. The molecule has 0 aliphatic carbocycles. The van der Waals surface area contributed by atoms with Crippen LogP contribution in [-0.4, -0.2) is 37.3 Å². The van der Waals surface area contributed by atoms with E-state index in [9.17, 15) is 4.79 Å². The molecule has 0 saturated carbocycles. The predicted octanol–water partition coefficient (Wildman–Crippen LogP) is 2.57. The first-order valence-corrected chi connectivity index (χ1v) is 5.80. The highest BCUT2D eigenvalue weighted by Gasteiger charge is 1.73. The van der Waals surface area contributed by atoms with Crippen LogP contribution in [0, 0.1) is 0 Å². The molecule has 0 bridgehead atoms. The van der Waals surface area contributed by atoms with E-state index >= 15 is 0 Å². The quantitative estimate of drug-likeness (QED) is 0.348. The minimum absolute atomic E-state index is 0. The molecule has 3 N–H and O–H groups in total. The number of carboxylic acid groups (broad SMARTS) is 1. The fourth-order valence-electron chi connectivity index (χ4n) is 0.575. The number of nitrogens with one attached hydrogen (secondary N) is 2. The fourth-order valence-corrected chi connectivity index (χ4v) is 0.575. The van der Waals surface area contributed by atoms with Gasteiger partial charge in [0.2, 0.25) is 0 Å². The van der Waals surface area contributed by atoms with E-state index in [-0.39, 0.29) is 12.4 Å². The molecule has 116 valence electrons. The van der Waals surface area contributed by atoms with Gasteiger partial charge in [0.05, 0.1) is 0 Å². The average Bonchev–Trinajstić information content (AvgIpc) is 2.41. The zero-order valence-electron chi connectivity index (χ0n) is 12.0. The van der Waals surface area contributed by atoms with Gasteiger partial charge in [-0.3, -0.25) is 0 Å². The number of rotatable bonds is 9. The van der Waals surface area contributed by atoms with Crippen LogP contribution in [0.25, 0.3) is 0 Å². The number of halogens is 1. The van der Waals surface area contributed by atoms with Gasteiger partial charge in [0.15, 0.2) is 0 Å². The van der Waals surface area contributed by atoms with Crippen molar-refractivity contribution < 1.29 is 9.90 Å². The summed E-state index contributed by atoms with van der Waals surface area (Å²) in [6.07, 6.45) is 8.12. The average molecular weight is 303 g/mol. The van der Waals surface area contributed by atoms with Gasteiger partial charge in [0.1, 0.15) is 0 Å². The molecule has 0 amide bonds. The zero-order chi connectivity index (χ0) is 15.4. The number of carboxylic acids is 1. The molecule has 0 aliphatic rings. The Morgan fingerprint density at radius 2 is 1.00 bits per heavy atom. The number of hydrogen-bond acceptors (Lipinski definition) is 3. The van der Waals surface area contributed by atoms with Gasteiger partial charge >= 0.3 is 5.97 Å². The molecule has 4 nitrogen and oxygen atoms in total. The molecule has 0 unspecified atom stereocenters. The lowest BCUT2D eigenvalue weighted by Crippen LogP contribution is -2.11. The summed E-state index contributed by atoms with van der Waals surface area (Å²) in [6, 6.07) is 0. The van der Waals surface area contributed by atoms with Crippen LogP contribution in [0.2, 0.25) is 0 Å². The van der Waals surface area contributed by atoms with E-state index in [1.165, 1.54) is 0 Å². The van der Waals surface area contributed by atoms with Gasteiger partial charge in [-0.05, 0) is 0 Å². The van der Waals surface area contributed by atoms with E-state index in [0.29, 0.717) is 0 Å². The second-order valence-electron chi connectivity index (χ2n) is 3.01. The molecule has 5 heteroatoms. The van der Waals surface area contributed by atoms with Crippen LogP contribution in [0.5, 0.6) is 0 Å². The molecule has 0 radical (unpaired) electrons. The maximum atomic E-state index is 9.25. The van der Waals surface area contributed by atoms with Crippen LogP contribution in [0.3, 0.4) is 0 Å². The number of carbonyl (C=O) groups is 1. The summed E-state index contributed by atoms with van der Waals surface area (Å²) in [7, 11) is 0. The van der Waals surface area contributed by atoms with E-state index in [4.69, 9.17) is 5.11 Å². The van der Waals surface area contributed by atoms with Gasteiger partial charge in [0.25, 0.3) is 0 Å². The van der Waals surface area contributed by atoms with Crippen molar-refractivity contribution in [3.05, 3.63) is 63.3 Å². The minimum atomic E-state index is -0.981. The summed E-state index contributed by atoms with van der Waals surface area (Å²) in [5.74, 6) is -0.981. The van der Waals surface area contributed by atoms with Gasteiger partial charge in [-0.1, -0.05) is 30.9 Å². The monoisotopic (exact) mass is 302 g/mol. The lowest BCUT2D eigenvalue weighted by atomic mass is 10.5. The van der Waals surface area contributed by atoms with Crippen molar-refractivity contribution in [3.63, 3.8) is 0 Å². The molecule has 20 heavy (non-hydrogen) atoms. The Bertz CT molecular complexity index is 233. The number of hydrogen-bond donors (Lipinski definition) is 3. The first-order chi connectivity index (χ1) is 9.10. The van der Waals surface area contributed by atoms with Gasteiger partial charge < -0.3 is 15.7 Å². The Labute approximate surface area is 129 Å². The second-order valence-corrected chi connectivity index (χ2v) is 3.01. The van der Waals surface area contributed by atoms with Crippen molar-refractivity contribution in [3.8, 4) is 0 Å². The predicted molar refractivity (Wildman–Crippen MR) is 91.6 cm³/mol. The van der Waals surface area contributed by atoms with E-state index < -0.39 is 5.97 Å². The van der Waals surface area contributed by atoms with E-state index in [2.05, 4.69) is 43.5 Å². The maximum Gasteiger partial charge on any atom is 0.327 e. The molecular weight excluding hydrogens is 276 g/mol. The summed E-state index contributed by atoms with van der Waals surface area (Å²) in [6.45, 7) is 20.6. The summed E-state index contributed by atoms with van der Waals surface area (Å²) < 4.78 is 0. The summed E-state index contributed by atoms with van der Waals surface area (Å²) in [5.41, 5.74) is 0. The highest BCUT2D eigenvalue weighted by atomic mass is 35.5. The third kappa shape index (κ3) is 55.2. The molecule has 0 heterocycles. The van der Waals surface area contributed by atoms with Crippen molar-refractivity contribution in [2.45, 2.75) is 0 Å². The third-order valence-corrected chi connectivity index (χ3v) is 1.33. The summed E-state index contributed by atoms with van der Waals surface area (Å²) in [5, 5.41) is 13.7. The second kappa shape index (κ2) is 30.4. The summed E-state index contributed by atoms with van der Waals surface area (Å²) in [4.78, 5) is 9.25. The van der Waals surface area contributed by atoms with Crippen molar-refractivity contribution in [1.82, 2.24) is 10.6 Å². The van der Waals surface area contributed by atoms with E-state index in [1.807, 2.05) is 24.3 Å². The van der Waals surface area contributed by atoms with Crippen LogP contribution in [-0.2, 0) is 4.79 Å². The third-order valence-electron chi connectivity index (χ3n) is 1.33. The molecule has 0 aromatic heterocycles. The van der Waals surface area contributed by atoms with Gasteiger partial charge in [0, 0.05) is 32.3 Å². The molecule has 0 aliphatic heterocycles. The molecule has 0 aromatic rings. The Kier molecular flexibility index (Phi) is 40.8. The van der Waals surface area contributed by atoms with E-state index in [1.54, 1.807) is 0 Å². The normalized spacial score (nSPS) is 7.20. The molecule has 0 spiro atoms. The lowest BCUT2D eigenvalue weighted by Gasteiger charge is -1.90. The maximum absolute atomic E-state index is 9.25. The Hall–Kier alpha value is -1.62. The van der Waals surface area contributed by atoms with E-state index in [0.717, 1.165) is 32.3 Å². The molecule has 0 saturated heterocycles. The SMILES string of the molecule is C=CC(=O)O.C=CCNCC=C.C=CCNCC=C.Cl. The topological polar surface area (TPSA) is 61.4 Å². The van der Waals surface area contributed by atoms with Gasteiger partial charge in [-0.25, -0.2) is 4.79 Å². The van der Waals surface area contributed by atoms with Crippen LogP contribution >= 0.6 is 12.4 Å². The first kappa shape index (κ1) is 26.8. The Balaban J connectivity index is -0.0000000952. The van der Waals surface area contributed by atoms with Crippen LogP contribution in [0.15, 0.2) is 63.3 Å². The fraction of sp³-hybridized carbons (Fsp3) is 0.267. The largest absolute Gasteiger partial charge is 0.478 e. The van der Waals surface area contributed by atoms with Crippen molar-refractivity contribution in [1.29, 1.82) is 0 Å². The molecule has 0 rings (SSSR count). The van der Waals surface area contributed by atoms with Crippen molar-refractivity contribution in [2.24, 2.45) is 0 Å². The molecular formula is C15H27ClN2O2. The Morgan fingerprint density at radius 1 is 0.800 bits per heavy atom. The Morgan fingerprint density at radius 3 is 1.10 bits per heavy atom. The molecule has 0 atom stereocenters. The first-order valence-electron chi connectivity index (χ1n) is 5.80. The van der Waals surface area contributed by atoms with Gasteiger partial charge in [-0.2, -0.15) is 0 Å². The number of aliphatic carboxylic acids is 1. The highest BCUT2D eigenvalue weighted by Crippen LogP contribution is 1.60. The minimum Gasteiger partial charge on any atom is -0.478 e. The molecule has 0 aromatic carbocycles. The highest BCUT2D eigenvalue weighted by molar-refractivity contribution is 5.85. The van der Waals surface area contributed by atoms with Gasteiger partial charge in [-0.15, -0.1) is 38.7 Å². The van der Waals surface area contributed by atoms with Crippen LogP contribution in [0.1, 0.15) is 0 Å². The van der Waals surface area contributed by atoms with Crippen molar-refractivity contribution >= 4 is 18.4 Å².